The highest BCUT2D eigenvalue weighted by Gasteiger charge is 2.31. The maximum absolute atomic E-state index is 11.9. The number of para-hydroxylation sites is 1. The number of nitrogens with zero attached hydrogens (tertiary/aromatic N) is 1. The summed E-state index contributed by atoms with van der Waals surface area (Å²) in [7, 11) is 1.83. The van der Waals surface area contributed by atoms with Gasteiger partial charge in [0, 0.05) is 26.1 Å². The molecule has 0 bridgehead atoms. The molecule has 4 nitrogen and oxygen atoms in total. The number of ether oxygens (including phenoxy) is 1. The first-order chi connectivity index (χ1) is 9.15. The second-order valence-electron chi connectivity index (χ2n) is 5.53. The van der Waals surface area contributed by atoms with E-state index in [0.29, 0.717) is 6.04 Å². The number of aryl methyl sites for hydroxylation is 1. The van der Waals surface area contributed by atoms with Gasteiger partial charge in [0.05, 0.1) is 5.69 Å². The summed E-state index contributed by atoms with van der Waals surface area (Å²) in [4.78, 5) is 13.7. The van der Waals surface area contributed by atoms with Crippen LogP contribution < -0.4 is 10.1 Å². The molecular weight excluding hydrogens is 240 g/mol. The van der Waals surface area contributed by atoms with Crippen molar-refractivity contribution in [3.8, 4) is 5.75 Å². The van der Waals surface area contributed by atoms with Gasteiger partial charge in [0.25, 0.3) is 5.91 Å². The molecule has 1 fully saturated rings. The van der Waals surface area contributed by atoms with E-state index in [4.69, 9.17) is 4.74 Å². The van der Waals surface area contributed by atoms with Crippen molar-refractivity contribution in [1.29, 1.82) is 0 Å². The van der Waals surface area contributed by atoms with Crippen molar-refractivity contribution in [3.05, 3.63) is 23.8 Å². The Morgan fingerprint density at radius 1 is 1.37 bits per heavy atom. The van der Waals surface area contributed by atoms with Gasteiger partial charge in [0.1, 0.15) is 5.75 Å². The molecule has 0 aromatic heterocycles. The lowest BCUT2D eigenvalue weighted by Gasteiger charge is -2.27. The van der Waals surface area contributed by atoms with Crippen molar-refractivity contribution in [2.75, 3.05) is 18.9 Å². The standard InChI is InChI=1S/C15H20N2O2/c1-10-6-7-11-4-3-5-12(14(11)16-10)19-13-8-9-17(2)15(13)18/h3-5,10,13,16H,6-9H2,1-2H3. The van der Waals surface area contributed by atoms with E-state index >= 15 is 0 Å². The van der Waals surface area contributed by atoms with Gasteiger partial charge in [-0.05, 0) is 31.4 Å². The third-order valence-electron chi connectivity index (χ3n) is 4.00. The Bertz CT molecular complexity index is 501. The van der Waals surface area contributed by atoms with E-state index in [1.54, 1.807) is 4.90 Å². The molecule has 1 saturated heterocycles. The Morgan fingerprint density at radius 2 is 2.21 bits per heavy atom. The summed E-state index contributed by atoms with van der Waals surface area (Å²) < 4.78 is 5.95. The van der Waals surface area contributed by atoms with Crippen LogP contribution in [0.2, 0.25) is 0 Å². The van der Waals surface area contributed by atoms with Gasteiger partial charge < -0.3 is 15.0 Å². The molecule has 0 saturated carbocycles. The van der Waals surface area contributed by atoms with Crippen molar-refractivity contribution < 1.29 is 9.53 Å². The number of benzene rings is 1. The fraction of sp³-hybridized carbons (Fsp3) is 0.533. The summed E-state index contributed by atoms with van der Waals surface area (Å²) in [5.74, 6) is 0.902. The maximum Gasteiger partial charge on any atom is 0.263 e. The Morgan fingerprint density at radius 3 is 2.95 bits per heavy atom. The van der Waals surface area contributed by atoms with Crippen LogP contribution in [0.25, 0.3) is 0 Å². The van der Waals surface area contributed by atoms with Gasteiger partial charge in [-0.3, -0.25) is 4.79 Å². The molecule has 2 aliphatic rings. The molecule has 1 amide bonds. The summed E-state index contributed by atoms with van der Waals surface area (Å²) in [5, 5.41) is 3.48. The number of fused-ring (bicyclic) bond motifs is 1. The topological polar surface area (TPSA) is 41.6 Å². The zero-order chi connectivity index (χ0) is 13.4. The Hall–Kier alpha value is -1.71. The van der Waals surface area contributed by atoms with E-state index < -0.39 is 0 Å². The third-order valence-corrected chi connectivity index (χ3v) is 4.00. The van der Waals surface area contributed by atoms with E-state index in [0.717, 1.165) is 37.2 Å². The van der Waals surface area contributed by atoms with Gasteiger partial charge >= 0.3 is 0 Å². The third kappa shape index (κ3) is 2.27. The minimum Gasteiger partial charge on any atom is -0.478 e. The number of likely N-dealkylation sites (tertiary alicyclic amines) is 1. The predicted octanol–water partition coefficient (Wildman–Crippen LogP) is 2.04. The van der Waals surface area contributed by atoms with Crippen LogP contribution in [-0.2, 0) is 11.2 Å². The van der Waals surface area contributed by atoms with Crippen LogP contribution in [0.1, 0.15) is 25.3 Å². The Balaban J connectivity index is 1.84. The molecule has 102 valence electrons. The average Bonchev–Trinajstić information content (AvgIpc) is 2.71. The van der Waals surface area contributed by atoms with Crippen LogP contribution in [0.5, 0.6) is 5.75 Å². The van der Waals surface area contributed by atoms with Gasteiger partial charge in [0.15, 0.2) is 6.10 Å². The quantitative estimate of drug-likeness (QED) is 0.884. The number of hydrogen-bond acceptors (Lipinski definition) is 3. The first-order valence-corrected chi connectivity index (χ1v) is 6.95. The van der Waals surface area contributed by atoms with Crippen molar-refractivity contribution in [2.24, 2.45) is 0 Å². The number of hydrogen-bond donors (Lipinski definition) is 1. The molecule has 0 radical (unpaired) electrons. The molecule has 0 aliphatic carbocycles. The fourth-order valence-corrected chi connectivity index (χ4v) is 2.79. The van der Waals surface area contributed by atoms with Crippen molar-refractivity contribution >= 4 is 11.6 Å². The second kappa shape index (κ2) is 4.76. The lowest BCUT2D eigenvalue weighted by molar-refractivity contribution is -0.132. The second-order valence-corrected chi connectivity index (χ2v) is 5.53. The highest BCUT2D eigenvalue weighted by molar-refractivity contribution is 5.83. The van der Waals surface area contributed by atoms with Crippen LogP contribution in [0.4, 0.5) is 5.69 Å². The Labute approximate surface area is 113 Å². The zero-order valence-electron chi connectivity index (χ0n) is 11.5. The fourth-order valence-electron chi connectivity index (χ4n) is 2.79. The molecule has 0 spiro atoms. The number of likely N-dealkylation sites (N-methyl/N-ethyl adjacent to an activating group) is 1. The van der Waals surface area contributed by atoms with Crippen molar-refractivity contribution in [2.45, 2.75) is 38.3 Å². The smallest absolute Gasteiger partial charge is 0.263 e. The molecule has 2 atom stereocenters. The van der Waals surface area contributed by atoms with E-state index in [1.807, 2.05) is 19.2 Å². The first-order valence-electron chi connectivity index (χ1n) is 6.95. The summed E-state index contributed by atoms with van der Waals surface area (Å²) in [6.45, 7) is 2.95. The number of carbonyl (C=O) groups is 1. The van der Waals surface area contributed by atoms with Gasteiger partial charge in [-0.25, -0.2) is 0 Å². The van der Waals surface area contributed by atoms with Crippen LogP contribution in [-0.4, -0.2) is 36.5 Å². The van der Waals surface area contributed by atoms with E-state index in [2.05, 4.69) is 18.3 Å². The maximum atomic E-state index is 11.9. The summed E-state index contributed by atoms with van der Waals surface area (Å²) >= 11 is 0. The molecule has 1 aromatic rings. The van der Waals surface area contributed by atoms with E-state index in [9.17, 15) is 4.79 Å². The summed E-state index contributed by atoms with van der Waals surface area (Å²) in [6.07, 6.45) is 2.66. The normalized spacial score (nSPS) is 26.0. The molecular formula is C15H20N2O2. The van der Waals surface area contributed by atoms with Gasteiger partial charge in [-0.2, -0.15) is 0 Å². The Kier molecular flexibility index (Phi) is 3.09. The van der Waals surface area contributed by atoms with Crippen molar-refractivity contribution in [1.82, 2.24) is 4.90 Å². The highest BCUT2D eigenvalue weighted by atomic mass is 16.5. The number of carbonyl (C=O) groups excluding carboxylic acids is 1. The van der Waals surface area contributed by atoms with Crippen molar-refractivity contribution in [3.63, 3.8) is 0 Å². The highest BCUT2D eigenvalue weighted by Crippen LogP contribution is 2.35. The monoisotopic (exact) mass is 260 g/mol. The number of amides is 1. The summed E-state index contributed by atoms with van der Waals surface area (Å²) in [5.41, 5.74) is 2.36. The molecule has 2 heterocycles. The van der Waals surface area contributed by atoms with Crippen LogP contribution in [0.15, 0.2) is 18.2 Å². The molecule has 2 unspecified atom stereocenters. The lowest BCUT2D eigenvalue weighted by atomic mass is 9.98. The molecule has 4 heteroatoms. The molecule has 3 rings (SSSR count). The molecule has 1 aromatic carbocycles. The van der Waals surface area contributed by atoms with Crippen LogP contribution in [0, 0.1) is 0 Å². The number of nitrogens with one attached hydrogen (secondary N) is 1. The minimum atomic E-state index is -0.324. The largest absolute Gasteiger partial charge is 0.478 e. The summed E-state index contributed by atoms with van der Waals surface area (Å²) in [6, 6.07) is 6.55. The predicted molar refractivity (Wildman–Crippen MR) is 74.5 cm³/mol. The van der Waals surface area contributed by atoms with Gasteiger partial charge in [0.2, 0.25) is 0 Å². The minimum absolute atomic E-state index is 0.0847. The van der Waals surface area contributed by atoms with E-state index in [-0.39, 0.29) is 12.0 Å². The number of rotatable bonds is 2. The van der Waals surface area contributed by atoms with Crippen LogP contribution >= 0.6 is 0 Å². The lowest BCUT2D eigenvalue weighted by Crippen LogP contribution is -2.30. The first kappa shape index (κ1) is 12.3. The van der Waals surface area contributed by atoms with Crippen LogP contribution in [0.3, 0.4) is 0 Å². The number of anilines is 1. The SMILES string of the molecule is CC1CCc2cccc(OC3CCN(C)C3=O)c2N1. The van der Waals surface area contributed by atoms with E-state index in [1.165, 1.54) is 5.56 Å². The molecule has 2 aliphatic heterocycles. The average molecular weight is 260 g/mol. The van der Waals surface area contributed by atoms with Gasteiger partial charge in [-0.1, -0.05) is 12.1 Å². The zero-order valence-corrected chi connectivity index (χ0v) is 11.5. The van der Waals surface area contributed by atoms with Gasteiger partial charge in [-0.15, -0.1) is 0 Å². The molecule has 1 N–H and O–H groups in total. The molecule has 19 heavy (non-hydrogen) atoms.